The van der Waals surface area contributed by atoms with Crippen molar-refractivity contribution >= 4 is 29.4 Å². The van der Waals surface area contributed by atoms with Crippen molar-refractivity contribution in [3.8, 4) is 0 Å². The Balaban J connectivity index is 2.43. The lowest BCUT2D eigenvalue weighted by atomic mass is 10.1. The molecule has 1 aliphatic rings. The minimum absolute atomic E-state index is 0.0195. The summed E-state index contributed by atoms with van der Waals surface area (Å²) in [5, 5.41) is 53.6. The highest BCUT2D eigenvalue weighted by Gasteiger charge is 2.34. The van der Waals surface area contributed by atoms with E-state index in [-0.39, 0.29) is 60.9 Å². The number of benzene rings is 1. The Hall–Kier alpha value is -3.56. The van der Waals surface area contributed by atoms with E-state index >= 15 is 0 Å². The summed E-state index contributed by atoms with van der Waals surface area (Å²) in [6.45, 7) is -2.22. The lowest BCUT2D eigenvalue weighted by Crippen LogP contribution is -2.35. The highest BCUT2D eigenvalue weighted by Crippen LogP contribution is 2.24. The summed E-state index contributed by atoms with van der Waals surface area (Å²) in [6.07, 6.45) is -2.42. The first-order valence-electron chi connectivity index (χ1n) is 10.9. The van der Waals surface area contributed by atoms with Crippen LogP contribution >= 0.6 is 0 Å². The second kappa shape index (κ2) is 13.5. The Kier molecular flexibility index (Phi) is 10.8. The summed E-state index contributed by atoms with van der Waals surface area (Å²) in [6, 6.07) is 3.81. The number of aliphatic hydroxyl groups excluding tert-OH is 5. The van der Waals surface area contributed by atoms with E-state index in [9.17, 15) is 34.5 Å². The van der Waals surface area contributed by atoms with Gasteiger partial charge in [0.05, 0.1) is 51.3 Å². The van der Waals surface area contributed by atoms with E-state index in [0.29, 0.717) is 0 Å². The molecule has 14 nitrogen and oxygen atoms in total. The number of anilines is 1. The van der Waals surface area contributed by atoms with E-state index in [1.165, 1.54) is 23.1 Å². The Morgan fingerprint density at radius 1 is 0.972 bits per heavy atom. The maximum Gasteiger partial charge on any atom is 0.337 e. The summed E-state index contributed by atoms with van der Waals surface area (Å²) < 4.78 is 4.74. The molecule has 1 aliphatic heterocycles. The molecule has 8 N–H and O–H groups in total. The molecular weight excluding hydrogens is 480 g/mol. The monoisotopic (exact) mass is 510 g/mol. The predicted molar refractivity (Wildman–Crippen MR) is 124 cm³/mol. The molecule has 0 spiro atoms. The minimum atomic E-state index is -1.21. The number of hydrogen-bond acceptors (Lipinski definition) is 11. The number of ether oxygens (including phenoxy) is 1. The number of nitrogens with one attached hydrogen (secondary N) is 3. The lowest BCUT2D eigenvalue weighted by molar-refractivity contribution is -0.136. The molecule has 2 rings (SSSR count). The van der Waals surface area contributed by atoms with E-state index in [2.05, 4.69) is 16.0 Å². The molecule has 0 radical (unpaired) electrons. The lowest BCUT2D eigenvalue weighted by Gasteiger charge is -2.16. The van der Waals surface area contributed by atoms with Gasteiger partial charge in [0.1, 0.15) is 5.70 Å². The van der Waals surface area contributed by atoms with Crippen molar-refractivity contribution in [2.24, 2.45) is 0 Å². The van der Waals surface area contributed by atoms with Crippen LogP contribution in [0.25, 0.3) is 0 Å². The number of methoxy groups -OCH3 is 1. The fourth-order valence-corrected chi connectivity index (χ4v) is 3.21. The van der Waals surface area contributed by atoms with Crippen LogP contribution in [0.1, 0.15) is 20.7 Å². The number of nitrogens with zero attached hydrogens (tertiary/aromatic N) is 1. The van der Waals surface area contributed by atoms with E-state index in [0.717, 1.165) is 7.11 Å². The molecule has 0 bridgehead atoms. The SMILES string of the molecule is COC(=O)C1=C(Nc2cc(C(=O)NCC(O)CO)cc(C(=O)NCC(O)CO)c2)C(=O)N(CCO)C1. The van der Waals surface area contributed by atoms with Crippen LogP contribution in [0.3, 0.4) is 0 Å². The van der Waals surface area contributed by atoms with E-state index in [1.807, 2.05) is 0 Å². The zero-order chi connectivity index (χ0) is 26.8. The highest BCUT2D eigenvalue weighted by molar-refractivity contribution is 6.09. The molecule has 14 heteroatoms. The normalized spacial score (nSPS) is 14.9. The molecule has 198 valence electrons. The first kappa shape index (κ1) is 28.7. The summed E-state index contributed by atoms with van der Waals surface area (Å²) in [5.74, 6) is -2.81. The molecule has 0 saturated carbocycles. The molecular formula is C22H30N4O10. The fourth-order valence-electron chi connectivity index (χ4n) is 3.21. The molecule has 0 saturated heterocycles. The smallest absolute Gasteiger partial charge is 0.337 e. The van der Waals surface area contributed by atoms with Gasteiger partial charge in [-0.1, -0.05) is 0 Å². The van der Waals surface area contributed by atoms with Crippen LogP contribution < -0.4 is 16.0 Å². The number of aliphatic hydroxyl groups is 5. The quantitative estimate of drug-likeness (QED) is 0.122. The second-order valence-corrected chi connectivity index (χ2v) is 7.81. The zero-order valence-electron chi connectivity index (χ0n) is 19.6. The van der Waals surface area contributed by atoms with Gasteiger partial charge in [-0.05, 0) is 18.2 Å². The van der Waals surface area contributed by atoms with Gasteiger partial charge in [-0.15, -0.1) is 0 Å². The zero-order valence-corrected chi connectivity index (χ0v) is 19.6. The summed E-state index contributed by atoms with van der Waals surface area (Å²) in [4.78, 5) is 51.5. The maximum absolute atomic E-state index is 12.8. The van der Waals surface area contributed by atoms with Crippen LogP contribution in [0.15, 0.2) is 29.5 Å². The van der Waals surface area contributed by atoms with E-state index in [4.69, 9.17) is 14.9 Å². The van der Waals surface area contributed by atoms with Gasteiger partial charge in [0.15, 0.2) is 0 Å². The van der Waals surface area contributed by atoms with Crippen LogP contribution in [0.4, 0.5) is 5.69 Å². The van der Waals surface area contributed by atoms with Crippen molar-refractivity contribution < 1.29 is 49.4 Å². The average molecular weight is 511 g/mol. The van der Waals surface area contributed by atoms with Crippen LogP contribution in [0.2, 0.25) is 0 Å². The second-order valence-electron chi connectivity index (χ2n) is 7.81. The van der Waals surface area contributed by atoms with Gasteiger partial charge in [-0.25, -0.2) is 4.79 Å². The van der Waals surface area contributed by atoms with E-state index in [1.54, 1.807) is 0 Å². The number of esters is 1. The molecule has 1 aromatic carbocycles. The Morgan fingerprint density at radius 2 is 1.50 bits per heavy atom. The highest BCUT2D eigenvalue weighted by atomic mass is 16.5. The molecule has 2 atom stereocenters. The third kappa shape index (κ3) is 7.47. The van der Waals surface area contributed by atoms with Gasteiger partial charge in [-0.2, -0.15) is 0 Å². The van der Waals surface area contributed by atoms with Crippen LogP contribution in [0, 0.1) is 0 Å². The topological polar surface area (TPSA) is 218 Å². The number of carbonyl (C=O) groups is 4. The Labute approximate surface area is 206 Å². The number of carbonyl (C=O) groups excluding carboxylic acids is 4. The van der Waals surface area contributed by atoms with Crippen LogP contribution in [-0.2, 0) is 14.3 Å². The minimum Gasteiger partial charge on any atom is -0.466 e. The molecule has 2 unspecified atom stereocenters. The van der Waals surface area contributed by atoms with Gasteiger partial charge in [0.2, 0.25) is 0 Å². The van der Waals surface area contributed by atoms with Crippen molar-refractivity contribution in [1.82, 2.24) is 15.5 Å². The summed E-state index contributed by atoms with van der Waals surface area (Å²) >= 11 is 0. The molecule has 36 heavy (non-hydrogen) atoms. The Bertz CT molecular complexity index is 968. The molecule has 0 aromatic heterocycles. The fraction of sp³-hybridized carbons (Fsp3) is 0.455. The molecule has 1 heterocycles. The number of rotatable bonds is 13. The largest absolute Gasteiger partial charge is 0.466 e. The van der Waals surface area contributed by atoms with Gasteiger partial charge in [0.25, 0.3) is 17.7 Å². The maximum atomic E-state index is 12.8. The molecule has 0 aliphatic carbocycles. The summed E-state index contributed by atoms with van der Waals surface area (Å²) in [5.41, 5.74) is -0.222. The van der Waals surface area contributed by atoms with Gasteiger partial charge in [-0.3, -0.25) is 14.4 Å². The Morgan fingerprint density at radius 3 is 1.94 bits per heavy atom. The van der Waals surface area contributed by atoms with Gasteiger partial charge in [0, 0.05) is 36.4 Å². The number of hydrogen-bond donors (Lipinski definition) is 8. The van der Waals surface area contributed by atoms with Gasteiger partial charge >= 0.3 is 5.97 Å². The predicted octanol–water partition coefficient (Wildman–Crippen LogP) is -3.47. The van der Waals surface area contributed by atoms with Crippen molar-refractivity contribution in [2.45, 2.75) is 12.2 Å². The number of β-amino-alcohol motifs (C(OH)–C–C–N with tert-alkyl or cyclic N) is 1. The molecule has 3 amide bonds. The standard InChI is InChI=1S/C22H30N4O10/c1-36-22(35)17-9-26(2-3-27)21(34)18(17)25-14-5-12(19(32)23-7-15(30)10-28)4-13(6-14)20(33)24-8-16(31)11-29/h4-6,15-16,25,27-31H,2-3,7-11H2,1H3,(H,23,32)(H,24,33). The first-order valence-corrected chi connectivity index (χ1v) is 10.9. The van der Waals surface area contributed by atoms with E-state index < -0.39 is 49.1 Å². The average Bonchev–Trinajstić information content (AvgIpc) is 3.19. The van der Waals surface area contributed by atoms with Gasteiger partial charge < -0.3 is 51.1 Å². The van der Waals surface area contributed by atoms with Crippen LogP contribution in [-0.4, -0.2) is 119 Å². The molecule has 0 fully saturated rings. The third-order valence-electron chi connectivity index (χ3n) is 5.10. The third-order valence-corrected chi connectivity index (χ3v) is 5.10. The first-order chi connectivity index (χ1) is 17.1. The van der Waals surface area contributed by atoms with Crippen molar-refractivity contribution in [3.63, 3.8) is 0 Å². The number of amides is 3. The van der Waals surface area contributed by atoms with Crippen molar-refractivity contribution in [1.29, 1.82) is 0 Å². The summed E-state index contributed by atoms with van der Waals surface area (Å²) in [7, 11) is 1.14. The van der Waals surface area contributed by atoms with Crippen molar-refractivity contribution in [2.75, 3.05) is 58.4 Å². The van der Waals surface area contributed by atoms with Crippen LogP contribution in [0.5, 0.6) is 0 Å². The van der Waals surface area contributed by atoms with Crippen molar-refractivity contribution in [3.05, 3.63) is 40.6 Å². The molecule has 1 aromatic rings.